The summed E-state index contributed by atoms with van der Waals surface area (Å²) in [5.74, 6) is 0.127. The van der Waals surface area contributed by atoms with E-state index in [0.29, 0.717) is 21.6 Å². The number of hydrogen-bond acceptors (Lipinski definition) is 5. The number of halogens is 1. The fraction of sp³-hybridized carbons (Fsp3) is 0.118. The van der Waals surface area contributed by atoms with Crippen LogP contribution in [0.15, 0.2) is 51.7 Å². The molecule has 2 aromatic carbocycles. The Morgan fingerprint density at radius 3 is 2.75 bits per heavy atom. The number of nitro groups is 1. The molecule has 0 fully saturated rings. The van der Waals surface area contributed by atoms with Crippen LogP contribution in [0.4, 0.5) is 5.69 Å². The van der Waals surface area contributed by atoms with Crippen molar-refractivity contribution in [1.82, 2.24) is 0 Å². The zero-order valence-electron chi connectivity index (χ0n) is 12.6. The first kappa shape index (κ1) is 16.0. The van der Waals surface area contributed by atoms with Crippen molar-refractivity contribution >= 4 is 28.3 Å². The summed E-state index contributed by atoms with van der Waals surface area (Å²) in [5, 5.41) is 12.2. The first-order valence-corrected chi connectivity index (χ1v) is 7.42. The Morgan fingerprint density at radius 1 is 1.25 bits per heavy atom. The molecule has 0 aliphatic heterocycles. The van der Waals surface area contributed by atoms with E-state index >= 15 is 0 Å². The lowest BCUT2D eigenvalue weighted by Crippen LogP contribution is -2.05. The van der Waals surface area contributed by atoms with Gasteiger partial charge in [-0.1, -0.05) is 23.7 Å². The van der Waals surface area contributed by atoms with E-state index in [0.717, 1.165) is 5.56 Å². The summed E-state index contributed by atoms with van der Waals surface area (Å²) >= 11 is 6.13. The maximum absolute atomic E-state index is 11.7. The van der Waals surface area contributed by atoms with Gasteiger partial charge in [0.1, 0.15) is 12.2 Å². The van der Waals surface area contributed by atoms with Gasteiger partial charge in [-0.15, -0.1) is 0 Å². The van der Waals surface area contributed by atoms with Crippen LogP contribution in [-0.4, -0.2) is 4.92 Å². The Bertz CT molecular complexity index is 996. The van der Waals surface area contributed by atoms with Gasteiger partial charge in [0, 0.05) is 28.1 Å². The Hall–Kier alpha value is -2.86. The van der Waals surface area contributed by atoms with E-state index in [-0.39, 0.29) is 18.0 Å². The van der Waals surface area contributed by atoms with Crippen LogP contribution in [-0.2, 0) is 6.61 Å². The molecule has 0 aliphatic carbocycles. The number of ether oxygens (including phenoxy) is 1. The largest absolute Gasteiger partial charge is 0.482 e. The minimum absolute atomic E-state index is 0.0215. The Balaban J connectivity index is 2.01. The van der Waals surface area contributed by atoms with E-state index in [1.807, 2.05) is 0 Å². The van der Waals surface area contributed by atoms with Gasteiger partial charge in [0.2, 0.25) is 0 Å². The third-order valence-corrected chi connectivity index (χ3v) is 3.96. The third kappa shape index (κ3) is 3.09. The molecule has 3 rings (SSSR count). The third-order valence-electron chi connectivity index (χ3n) is 3.55. The fourth-order valence-electron chi connectivity index (χ4n) is 2.35. The second-order valence-corrected chi connectivity index (χ2v) is 5.61. The van der Waals surface area contributed by atoms with Gasteiger partial charge in [-0.05, 0) is 30.7 Å². The zero-order valence-corrected chi connectivity index (χ0v) is 13.4. The van der Waals surface area contributed by atoms with Crippen LogP contribution < -0.4 is 10.4 Å². The van der Waals surface area contributed by atoms with Gasteiger partial charge in [-0.3, -0.25) is 10.1 Å². The molecule has 0 bridgehead atoms. The average molecular weight is 346 g/mol. The number of fused-ring (bicyclic) bond motifs is 1. The highest BCUT2D eigenvalue weighted by atomic mass is 35.5. The van der Waals surface area contributed by atoms with E-state index in [1.54, 1.807) is 31.2 Å². The van der Waals surface area contributed by atoms with E-state index in [4.69, 9.17) is 20.8 Å². The predicted octanol–water partition coefficient (Wildman–Crippen LogP) is 4.24. The predicted molar refractivity (Wildman–Crippen MR) is 89.7 cm³/mol. The highest BCUT2D eigenvalue weighted by Crippen LogP contribution is 2.29. The van der Waals surface area contributed by atoms with Gasteiger partial charge < -0.3 is 9.15 Å². The number of para-hydroxylation sites is 2. The topological polar surface area (TPSA) is 82.6 Å². The summed E-state index contributed by atoms with van der Waals surface area (Å²) < 4.78 is 10.7. The molecule has 0 saturated heterocycles. The summed E-state index contributed by atoms with van der Waals surface area (Å²) in [6.07, 6.45) is 0. The zero-order chi connectivity index (χ0) is 17.3. The van der Waals surface area contributed by atoms with Crippen molar-refractivity contribution in [3.05, 3.63) is 79.1 Å². The van der Waals surface area contributed by atoms with Gasteiger partial charge in [0.05, 0.1) is 4.92 Å². The SMILES string of the molecule is Cc1cc2oc(=O)cc(COc3ccccc3[N+](=O)[O-])c2cc1Cl. The number of rotatable bonds is 4. The quantitative estimate of drug-likeness (QED) is 0.401. The number of aryl methyl sites for hydroxylation is 1. The Kier molecular flexibility index (Phi) is 4.22. The molecule has 0 saturated carbocycles. The molecular formula is C17H12ClNO5. The van der Waals surface area contributed by atoms with Gasteiger partial charge in [0.15, 0.2) is 5.75 Å². The number of benzene rings is 2. The molecule has 122 valence electrons. The van der Waals surface area contributed by atoms with E-state index in [9.17, 15) is 14.9 Å². The van der Waals surface area contributed by atoms with Gasteiger partial charge in [0.25, 0.3) is 0 Å². The van der Waals surface area contributed by atoms with Crippen LogP contribution >= 0.6 is 11.6 Å². The number of hydrogen-bond donors (Lipinski definition) is 0. The van der Waals surface area contributed by atoms with Crippen LogP contribution in [0, 0.1) is 17.0 Å². The van der Waals surface area contributed by atoms with Crippen LogP contribution in [0.5, 0.6) is 5.75 Å². The Morgan fingerprint density at radius 2 is 2.00 bits per heavy atom. The van der Waals surface area contributed by atoms with Crippen molar-refractivity contribution < 1.29 is 14.1 Å². The molecule has 0 radical (unpaired) electrons. The van der Waals surface area contributed by atoms with Gasteiger partial charge in [-0.25, -0.2) is 4.79 Å². The maximum atomic E-state index is 11.7. The average Bonchev–Trinajstić information content (AvgIpc) is 2.54. The summed E-state index contributed by atoms with van der Waals surface area (Å²) in [5.41, 5.74) is 1.06. The highest BCUT2D eigenvalue weighted by molar-refractivity contribution is 6.32. The molecule has 0 N–H and O–H groups in total. The normalized spacial score (nSPS) is 10.8. The van der Waals surface area contributed by atoms with Crippen molar-refractivity contribution in [2.75, 3.05) is 0 Å². The van der Waals surface area contributed by atoms with Crippen molar-refractivity contribution in [2.24, 2.45) is 0 Å². The molecule has 1 aromatic heterocycles. The van der Waals surface area contributed by atoms with E-state index < -0.39 is 10.5 Å². The summed E-state index contributed by atoms with van der Waals surface area (Å²) in [6.45, 7) is 1.78. The lowest BCUT2D eigenvalue weighted by molar-refractivity contribution is -0.385. The molecule has 6 nitrogen and oxygen atoms in total. The molecule has 3 aromatic rings. The fourth-order valence-corrected chi connectivity index (χ4v) is 2.52. The minimum atomic E-state index is -0.523. The highest BCUT2D eigenvalue weighted by Gasteiger charge is 2.15. The minimum Gasteiger partial charge on any atom is -0.482 e. The van der Waals surface area contributed by atoms with Crippen molar-refractivity contribution in [2.45, 2.75) is 13.5 Å². The first-order valence-electron chi connectivity index (χ1n) is 7.05. The first-order chi connectivity index (χ1) is 11.5. The molecule has 0 aliphatic rings. The second-order valence-electron chi connectivity index (χ2n) is 5.20. The maximum Gasteiger partial charge on any atom is 0.336 e. The molecule has 0 atom stereocenters. The summed E-state index contributed by atoms with van der Waals surface area (Å²) in [7, 11) is 0. The lowest BCUT2D eigenvalue weighted by atomic mass is 10.1. The smallest absolute Gasteiger partial charge is 0.336 e. The molecule has 0 amide bonds. The van der Waals surface area contributed by atoms with Crippen LogP contribution in [0.2, 0.25) is 5.02 Å². The summed E-state index contributed by atoms with van der Waals surface area (Å²) in [6, 6.07) is 10.7. The van der Waals surface area contributed by atoms with Crippen molar-refractivity contribution in [3.63, 3.8) is 0 Å². The molecule has 7 heteroatoms. The Labute approximate surface area is 141 Å². The monoisotopic (exact) mass is 345 g/mol. The van der Waals surface area contributed by atoms with Crippen LogP contribution in [0.25, 0.3) is 11.0 Å². The van der Waals surface area contributed by atoms with Crippen molar-refractivity contribution in [3.8, 4) is 5.75 Å². The standard InChI is InChI=1S/C17H12ClNO5/c1-10-6-16-12(8-13(10)18)11(7-17(20)24-16)9-23-15-5-3-2-4-14(15)19(21)22/h2-8H,9H2,1H3. The van der Waals surface area contributed by atoms with Gasteiger partial charge in [-0.2, -0.15) is 0 Å². The van der Waals surface area contributed by atoms with Crippen LogP contribution in [0.3, 0.4) is 0 Å². The molecule has 1 heterocycles. The molecular weight excluding hydrogens is 334 g/mol. The van der Waals surface area contributed by atoms with E-state index in [2.05, 4.69) is 0 Å². The van der Waals surface area contributed by atoms with Gasteiger partial charge >= 0.3 is 11.3 Å². The summed E-state index contributed by atoms with van der Waals surface area (Å²) in [4.78, 5) is 22.2. The lowest BCUT2D eigenvalue weighted by Gasteiger charge is -2.09. The number of nitrogens with zero attached hydrogens (tertiary/aromatic N) is 1. The van der Waals surface area contributed by atoms with Crippen LogP contribution in [0.1, 0.15) is 11.1 Å². The number of nitro benzene ring substituents is 1. The second kappa shape index (κ2) is 6.33. The molecule has 0 spiro atoms. The molecule has 24 heavy (non-hydrogen) atoms. The molecule has 0 unspecified atom stereocenters. The van der Waals surface area contributed by atoms with Crippen molar-refractivity contribution in [1.29, 1.82) is 0 Å². The van der Waals surface area contributed by atoms with E-state index in [1.165, 1.54) is 18.2 Å².